The maximum Gasteiger partial charge on any atom is 0.269 e. The summed E-state index contributed by atoms with van der Waals surface area (Å²) in [6, 6.07) is 25.6. The van der Waals surface area contributed by atoms with Gasteiger partial charge in [-0.25, -0.2) is 0 Å². The van der Waals surface area contributed by atoms with Crippen molar-refractivity contribution in [1.29, 1.82) is 0 Å². The Balaban J connectivity index is 1.75. The number of nitro benzene ring substituents is 1. The zero-order valence-electron chi connectivity index (χ0n) is 14.0. The minimum absolute atomic E-state index is 0.0272. The number of rotatable bonds is 6. The molecule has 0 saturated carbocycles. The standard InChI is InChI=1S/C21H18N2O3/c24-21(18-11-13-19(14-12-18)23(25)26)22-15-20(16-7-3-1-4-8-16)17-9-5-2-6-10-17/h1-14,20H,15H2,(H,22,24). The van der Waals surface area contributed by atoms with Crippen LogP contribution < -0.4 is 5.32 Å². The van der Waals surface area contributed by atoms with Gasteiger partial charge in [-0.15, -0.1) is 0 Å². The monoisotopic (exact) mass is 346 g/mol. The molecule has 1 amide bonds. The fourth-order valence-corrected chi connectivity index (χ4v) is 2.83. The van der Waals surface area contributed by atoms with E-state index in [1.54, 1.807) is 0 Å². The van der Waals surface area contributed by atoms with Crippen molar-refractivity contribution in [1.82, 2.24) is 5.32 Å². The van der Waals surface area contributed by atoms with Gasteiger partial charge in [0.25, 0.3) is 11.6 Å². The van der Waals surface area contributed by atoms with E-state index in [9.17, 15) is 14.9 Å². The molecule has 0 unspecified atom stereocenters. The van der Waals surface area contributed by atoms with Gasteiger partial charge in [0.1, 0.15) is 0 Å². The molecule has 26 heavy (non-hydrogen) atoms. The molecule has 0 aromatic heterocycles. The lowest BCUT2D eigenvalue weighted by Gasteiger charge is -2.19. The first kappa shape index (κ1) is 17.4. The molecule has 0 fully saturated rings. The highest BCUT2D eigenvalue weighted by molar-refractivity contribution is 5.94. The first-order valence-electron chi connectivity index (χ1n) is 8.27. The van der Waals surface area contributed by atoms with Crippen LogP contribution in [-0.4, -0.2) is 17.4 Å². The summed E-state index contributed by atoms with van der Waals surface area (Å²) in [5.41, 5.74) is 2.59. The van der Waals surface area contributed by atoms with Crippen molar-refractivity contribution >= 4 is 11.6 Å². The average Bonchev–Trinajstić information content (AvgIpc) is 2.69. The Morgan fingerprint density at radius 1 is 0.846 bits per heavy atom. The number of benzene rings is 3. The Labute approximate surface area is 151 Å². The van der Waals surface area contributed by atoms with Gasteiger partial charge in [-0.1, -0.05) is 60.7 Å². The highest BCUT2D eigenvalue weighted by atomic mass is 16.6. The number of nitrogens with one attached hydrogen (secondary N) is 1. The molecule has 1 N–H and O–H groups in total. The number of hydrogen-bond donors (Lipinski definition) is 1. The molecule has 0 aliphatic heterocycles. The third kappa shape index (κ3) is 4.13. The molecule has 0 aliphatic rings. The second kappa shape index (κ2) is 8.07. The Kier molecular flexibility index (Phi) is 5.39. The predicted molar refractivity (Wildman–Crippen MR) is 100 cm³/mol. The van der Waals surface area contributed by atoms with Crippen LogP contribution in [0.5, 0.6) is 0 Å². The largest absolute Gasteiger partial charge is 0.351 e. The topological polar surface area (TPSA) is 72.2 Å². The number of non-ortho nitro benzene ring substituents is 1. The summed E-state index contributed by atoms with van der Waals surface area (Å²) in [6.45, 7) is 0.434. The normalized spacial score (nSPS) is 10.5. The third-order valence-corrected chi connectivity index (χ3v) is 4.21. The molecule has 5 heteroatoms. The number of nitro groups is 1. The molecule has 0 spiro atoms. The first-order valence-corrected chi connectivity index (χ1v) is 8.27. The second-order valence-electron chi connectivity index (χ2n) is 5.89. The highest BCUT2D eigenvalue weighted by Crippen LogP contribution is 2.24. The fraction of sp³-hybridized carbons (Fsp3) is 0.0952. The molecule has 0 saturated heterocycles. The van der Waals surface area contributed by atoms with E-state index < -0.39 is 4.92 Å². The van der Waals surface area contributed by atoms with E-state index in [2.05, 4.69) is 5.32 Å². The van der Waals surface area contributed by atoms with Crippen LogP contribution in [-0.2, 0) is 0 Å². The van der Waals surface area contributed by atoms with Crippen molar-refractivity contribution in [3.63, 3.8) is 0 Å². The summed E-state index contributed by atoms with van der Waals surface area (Å²) >= 11 is 0. The van der Waals surface area contributed by atoms with Gasteiger partial charge in [0.05, 0.1) is 4.92 Å². The Bertz CT molecular complexity index is 839. The maximum atomic E-state index is 12.4. The van der Waals surface area contributed by atoms with Gasteiger partial charge in [-0.2, -0.15) is 0 Å². The van der Waals surface area contributed by atoms with Crippen LogP contribution in [0.15, 0.2) is 84.9 Å². The van der Waals surface area contributed by atoms with Crippen LogP contribution in [0.1, 0.15) is 27.4 Å². The molecule has 5 nitrogen and oxygen atoms in total. The third-order valence-electron chi connectivity index (χ3n) is 4.21. The minimum atomic E-state index is -0.484. The number of hydrogen-bond acceptors (Lipinski definition) is 3. The number of nitrogens with zero attached hydrogens (tertiary/aromatic N) is 1. The van der Waals surface area contributed by atoms with Crippen LogP contribution in [0.25, 0.3) is 0 Å². The van der Waals surface area contributed by atoms with E-state index in [-0.39, 0.29) is 17.5 Å². The van der Waals surface area contributed by atoms with E-state index in [4.69, 9.17) is 0 Å². The van der Waals surface area contributed by atoms with Crippen LogP contribution in [0.2, 0.25) is 0 Å². The van der Waals surface area contributed by atoms with E-state index in [0.29, 0.717) is 12.1 Å². The average molecular weight is 346 g/mol. The Morgan fingerprint density at radius 3 is 1.81 bits per heavy atom. The fourth-order valence-electron chi connectivity index (χ4n) is 2.83. The molecule has 130 valence electrons. The number of carbonyl (C=O) groups excluding carboxylic acids is 1. The van der Waals surface area contributed by atoms with Crippen LogP contribution >= 0.6 is 0 Å². The van der Waals surface area contributed by atoms with Crippen molar-refractivity contribution in [3.05, 3.63) is 112 Å². The number of carbonyl (C=O) groups is 1. The van der Waals surface area contributed by atoms with Gasteiger partial charge in [0, 0.05) is 30.2 Å². The summed E-state index contributed by atoms with van der Waals surface area (Å²) in [6.07, 6.45) is 0. The minimum Gasteiger partial charge on any atom is -0.351 e. The molecule has 0 radical (unpaired) electrons. The van der Waals surface area contributed by atoms with Crippen LogP contribution in [0, 0.1) is 10.1 Å². The molecule has 3 rings (SSSR count). The van der Waals surface area contributed by atoms with E-state index in [1.807, 2.05) is 60.7 Å². The van der Waals surface area contributed by atoms with Crippen LogP contribution in [0.4, 0.5) is 5.69 Å². The summed E-state index contributed by atoms with van der Waals surface area (Å²) < 4.78 is 0. The quantitative estimate of drug-likeness (QED) is 0.538. The zero-order valence-corrected chi connectivity index (χ0v) is 14.0. The summed E-state index contributed by atoms with van der Waals surface area (Å²) in [7, 11) is 0. The lowest BCUT2D eigenvalue weighted by molar-refractivity contribution is -0.384. The van der Waals surface area contributed by atoms with Crippen molar-refractivity contribution < 1.29 is 9.72 Å². The predicted octanol–water partition coefficient (Wildman–Crippen LogP) is 4.16. The van der Waals surface area contributed by atoms with Crippen molar-refractivity contribution in [3.8, 4) is 0 Å². The SMILES string of the molecule is O=C(NCC(c1ccccc1)c1ccccc1)c1ccc([N+](=O)[O-])cc1. The van der Waals surface area contributed by atoms with E-state index in [0.717, 1.165) is 11.1 Å². The van der Waals surface area contributed by atoms with Crippen molar-refractivity contribution in [2.24, 2.45) is 0 Å². The highest BCUT2D eigenvalue weighted by Gasteiger charge is 2.16. The molecule has 0 bridgehead atoms. The van der Waals surface area contributed by atoms with Crippen molar-refractivity contribution in [2.75, 3.05) is 6.54 Å². The van der Waals surface area contributed by atoms with Gasteiger partial charge in [-0.05, 0) is 23.3 Å². The summed E-state index contributed by atoms with van der Waals surface area (Å²) in [4.78, 5) is 22.6. The summed E-state index contributed by atoms with van der Waals surface area (Å²) in [5.74, 6) is -0.226. The molecule has 0 heterocycles. The molecular weight excluding hydrogens is 328 g/mol. The molecular formula is C21H18N2O3. The van der Waals surface area contributed by atoms with Gasteiger partial charge in [-0.3, -0.25) is 14.9 Å². The van der Waals surface area contributed by atoms with E-state index in [1.165, 1.54) is 24.3 Å². The van der Waals surface area contributed by atoms with Gasteiger partial charge >= 0.3 is 0 Å². The van der Waals surface area contributed by atoms with Gasteiger partial charge in [0.2, 0.25) is 0 Å². The molecule has 3 aromatic carbocycles. The van der Waals surface area contributed by atoms with Gasteiger partial charge in [0.15, 0.2) is 0 Å². The maximum absolute atomic E-state index is 12.4. The van der Waals surface area contributed by atoms with E-state index >= 15 is 0 Å². The Hall–Kier alpha value is -3.47. The van der Waals surface area contributed by atoms with Gasteiger partial charge < -0.3 is 5.32 Å². The van der Waals surface area contributed by atoms with Crippen LogP contribution in [0.3, 0.4) is 0 Å². The van der Waals surface area contributed by atoms with Crippen molar-refractivity contribution in [2.45, 2.75) is 5.92 Å². The number of amides is 1. The Morgan fingerprint density at radius 2 is 1.35 bits per heavy atom. The second-order valence-corrected chi connectivity index (χ2v) is 5.89. The zero-order chi connectivity index (χ0) is 18.4. The summed E-state index contributed by atoms with van der Waals surface area (Å²) in [5, 5.41) is 13.7. The molecule has 3 aromatic rings. The molecule has 0 aliphatic carbocycles. The lowest BCUT2D eigenvalue weighted by atomic mass is 9.91. The smallest absolute Gasteiger partial charge is 0.269 e. The lowest BCUT2D eigenvalue weighted by Crippen LogP contribution is -2.28. The molecule has 0 atom stereocenters. The first-order chi connectivity index (χ1) is 12.6.